The van der Waals surface area contributed by atoms with E-state index in [0.29, 0.717) is 32.0 Å². The van der Waals surface area contributed by atoms with Crippen LogP contribution in [0.15, 0.2) is 35.6 Å². The van der Waals surface area contributed by atoms with E-state index in [1.165, 1.54) is 9.75 Å². The van der Waals surface area contributed by atoms with Gasteiger partial charge < -0.3 is 20.4 Å². The van der Waals surface area contributed by atoms with E-state index in [1.807, 2.05) is 4.90 Å². The van der Waals surface area contributed by atoms with Crippen molar-refractivity contribution in [3.63, 3.8) is 0 Å². The molecule has 1 amide bonds. The lowest BCUT2D eigenvalue weighted by Crippen LogP contribution is -2.50. The van der Waals surface area contributed by atoms with Gasteiger partial charge in [0.15, 0.2) is 5.96 Å². The van der Waals surface area contributed by atoms with Crippen LogP contribution >= 0.6 is 11.3 Å². The Balaban J connectivity index is 1.36. The average Bonchev–Trinajstić information content (AvgIpc) is 3.16. The van der Waals surface area contributed by atoms with Gasteiger partial charge in [0, 0.05) is 68.3 Å². The Morgan fingerprint density at radius 3 is 2.57 bits per heavy atom. The average molecular weight is 402 g/mol. The van der Waals surface area contributed by atoms with Gasteiger partial charge in [-0.1, -0.05) is 0 Å². The Morgan fingerprint density at radius 2 is 1.93 bits per heavy atom. The van der Waals surface area contributed by atoms with Gasteiger partial charge in [0.25, 0.3) is 0 Å². The SMILES string of the molecule is CN=C(NCCC(=O)N1CCN(c2ncccn2)CC1)NCc1ccc(C)s1. The number of nitrogens with zero attached hydrogens (tertiary/aromatic N) is 5. The molecule has 8 nitrogen and oxygen atoms in total. The molecule has 3 rings (SSSR count). The van der Waals surface area contributed by atoms with Gasteiger partial charge in [-0.15, -0.1) is 11.3 Å². The molecule has 150 valence electrons. The zero-order valence-corrected chi connectivity index (χ0v) is 17.2. The van der Waals surface area contributed by atoms with Crippen LogP contribution in [0.2, 0.25) is 0 Å². The third kappa shape index (κ3) is 5.66. The molecule has 0 saturated carbocycles. The van der Waals surface area contributed by atoms with E-state index >= 15 is 0 Å². The van der Waals surface area contributed by atoms with Crippen molar-refractivity contribution in [1.82, 2.24) is 25.5 Å². The number of guanidine groups is 1. The zero-order chi connectivity index (χ0) is 19.8. The molecule has 0 unspecified atom stereocenters. The van der Waals surface area contributed by atoms with Crippen molar-refractivity contribution in [2.24, 2.45) is 4.99 Å². The minimum atomic E-state index is 0.158. The highest BCUT2D eigenvalue weighted by Gasteiger charge is 2.22. The minimum Gasteiger partial charge on any atom is -0.356 e. The number of nitrogens with one attached hydrogen (secondary N) is 2. The number of carbonyl (C=O) groups is 1. The molecular formula is C19H27N7OS. The Bertz CT molecular complexity index is 785. The summed E-state index contributed by atoms with van der Waals surface area (Å²) < 4.78 is 0. The van der Waals surface area contributed by atoms with Crippen molar-refractivity contribution in [3.05, 3.63) is 40.3 Å². The first-order valence-electron chi connectivity index (χ1n) is 9.45. The summed E-state index contributed by atoms with van der Waals surface area (Å²) in [6, 6.07) is 6.03. The number of anilines is 1. The van der Waals surface area contributed by atoms with Gasteiger partial charge in [-0.25, -0.2) is 9.97 Å². The Kier molecular flexibility index (Phi) is 7.18. The molecule has 1 aliphatic heterocycles. The van der Waals surface area contributed by atoms with Crippen LogP contribution in [0.3, 0.4) is 0 Å². The van der Waals surface area contributed by atoms with Crippen LogP contribution in [0, 0.1) is 6.92 Å². The van der Waals surface area contributed by atoms with Crippen molar-refractivity contribution >= 4 is 29.2 Å². The highest BCUT2D eigenvalue weighted by molar-refractivity contribution is 7.11. The number of aromatic nitrogens is 2. The minimum absolute atomic E-state index is 0.158. The van der Waals surface area contributed by atoms with Gasteiger partial charge >= 0.3 is 0 Å². The lowest BCUT2D eigenvalue weighted by atomic mass is 10.3. The van der Waals surface area contributed by atoms with E-state index in [1.54, 1.807) is 36.8 Å². The highest BCUT2D eigenvalue weighted by Crippen LogP contribution is 2.14. The van der Waals surface area contributed by atoms with Gasteiger partial charge in [0.2, 0.25) is 11.9 Å². The largest absolute Gasteiger partial charge is 0.356 e. The molecule has 2 aromatic heterocycles. The first-order chi connectivity index (χ1) is 13.7. The van der Waals surface area contributed by atoms with Crippen LogP contribution in [-0.2, 0) is 11.3 Å². The molecule has 9 heteroatoms. The number of amides is 1. The monoisotopic (exact) mass is 401 g/mol. The third-order valence-electron chi connectivity index (χ3n) is 4.55. The smallest absolute Gasteiger partial charge is 0.225 e. The normalized spacial score (nSPS) is 14.9. The molecule has 1 fully saturated rings. The van der Waals surface area contributed by atoms with Crippen molar-refractivity contribution in [3.8, 4) is 0 Å². The Hall–Kier alpha value is -2.68. The molecular weight excluding hydrogens is 374 g/mol. The van der Waals surface area contributed by atoms with Gasteiger partial charge in [-0.3, -0.25) is 9.79 Å². The first-order valence-corrected chi connectivity index (χ1v) is 10.3. The van der Waals surface area contributed by atoms with Gasteiger partial charge in [0.1, 0.15) is 0 Å². The molecule has 0 aromatic carbocycles. The third-order valence-corrected chi connectivity index (χ3v) is 5.55. The first kappa shape index (κ1) is 20.1. The Labute approximate surface area is 169 Å². The number of hydrogen-bond donors (Lipinski definition) is 2. The van der Waals surface area contributed by atoms with Crippen molar-refractivity contribution < 1.29 is 4.79 Å². The molecule has 0 radical (unpaired) electrons. The summed E-state index contributed by atoms with van der Waals surface area (Å²) in [4.78, 5) is 31.8. The molecule has 0 bridgehead atoms. The van der Waals surface area contributed by atoms with Crippen LogP contribution in [0.4, 0.5) is 5.95 Å². The number of aliphatic imine (C=N–C) groups is 1. The van der Waals surface area contributed by atoms with Crippen LogP contribution in [0.5, 0.6) is 0 Å². The molecule has 0 atom stereocenters. The zero-order valence-electron chi connectivity index (χ0n) is 16.4. The number of aryl methyl sites for hydroxylation is 1. The molecule has 2 aromatic rings. The van der Waals surface area contributed by atoms with Crippen molar-refractivity contribution in [2.45, 2.75) is 19.9 Å². The topological polar surface area (TPSA) is 85.8 Å². The second kappa shape index (κ2) is 10.0. The maximum absolute atomic E-state index is 12.5. The summed E-state index contributed by atoms with van der Waals surface area (Å²) in [5, 5.41) is 6.50. The van der Waals surface area contributed by atoms with E-state index in [-0.39, 0.29) is 5.91 Å². The highest BCUT2D eigenvalue weighted by atomic mass is 32.1. The summed E-state index contributed by atoms with van der Waals surface area (Å²) in [6.07, 6.45) is 3.93. The second-order valence-corrected chi connectivity index (χ2v) is 7.90. The predicted octanol–water partition coefficient (Wildman–Crippen LogP) is 1.25. The maximum Gasteiger partial charge on any atom is 0.225 e. The molecule has 0 spiro atoms. The number of carbonyl (C=O) groups excluding carboxylic acids is 1. The van der Waals surface area contributed by atoms with Crippen LogP contribution < -0.4 is 15.5 Å². The van der Waals surface area contributed by atoms with Crippen LogP contribution in [-0.4, -0.2) is 66.5 Å². The standard InChI is InChI=1S/C19H27N7OS/c1-15-4-5-16(28-15)14-24-18(20-2)21-9-6-17(27)25-10-12-26(13-11-25)19-22-7-3-8-23-19/h3-5,7-8H,6,9-14H2,1-2H3,(H2,20,21,24). The molecule has 2 N–H and O–H groups in total. The molecule has 1 aliphatic rings. The number of rotatable bonds is 6. The molecule has 0 aliphatic carbocycles. The van der Waals surface area contributed by atoms with Gasteiger partial charge in [-0.05, 0) is 25.1 Å². The fourth-order valence-corrected chi connectivity index (χ4v) is 3.86. The Morgan fingerprint density at radius 1 is 1.18 bits per heavy atom. The van der Waals surface area contributed by atoms with E-state index in [4.69, 9.17) is 0 Å². The second-order valence-electron chi connectivity index (χ2n) is 6.53. The summed E-state index contributed by atoms with van der Waals surface area (Å²) in [5.41, 5.74) is 0. The summed E-state index contributed by atoms with van der Waals surface area (Å²) in [7, 11) is 1.74. The van der Waals surface area contributed by atoms with Crippen molar-refractivity contribution in [2.75, 3.05) is 44.7 Å². The quantitative estimate of drug-likeness (QED) is 0.560. The number of thiophene rings is 1. The number of hydrogen-bond acceptors (Lipinski definition) is 6. The van der Waals surface area contributed by atoms with Gasteiger partial charge in [-0.2, -0.15) is 0 Å². The van der Waals surface area contributed by atoms with E-state index in [2.05, 4.69) is 49.6 Å². The molecule has 1 saturated heterocycles. The summed E-state index contributed by atoms with van der Waals surface area (Å²) in [5.74, 6) is 1.60. The maximum atomic E-state index is 12.5. The molecule has 3 heterocycles. The van der Waals surface area contributed by atoms with E-state index in [0.717, 1.165) is 25.6 Å². The molecule has 28 heavy (non-hydrogen) atoms. The summed E-state index contributed by atoms with van der Waals surface area (Å²) in [6.45, 7) is 6.29. The van der Waals surface area contributed by atoms with Crippen molar-refractivity contribution in [1.29, 1.82) is 0 Å². The fourth-order valence-electron chi connectivity index (χ4n) is 3.03. The van der Waals surface area contributed by atoms with Gasteiger partial charge in [0.05, 0.1) is 6.54 Å². The lowest BCUT2D eigenvalue weighted by molar-refractivity contribution is -0.131. The van der Waals surface area contributed by atoms with Crippen LogP contribution in [0.25, 0.3) is 0 Å². The van der Waals surface area contributed by atoms with Crippen LogP contribution in [0.1, 0.15) is 16.2 Å². The fraction of sp³-hybridized carbons (Fsp3) is 0.474. The number of piperazine rings is 1. The predicted molar refractivity (Wildman–Crippen MR) is 113 cm³/mol. The lowest BCUT2D eigenvalue weighted by Gasteiger charge is -2.34. The summed E-state index contributed by atoms with van der Waals surface area (Å²) >= 11 is 1.77. The van der Waals surface area contributed by atoms with E-state index in [9.17, 15) is 4.79 Å². The van der Waals surface area contributed by atoms with E-state index < -0.39 is 0 Å².